The van der Waals surface area contributed by atoms with Crippen LogP contribution in [0.3, 0.4) is 0 Å². The van der Waals surface area contributed by atoms with Gasteiger partial charge in [0.25, 0.3) is 5.88 Å². The van der Waals surface area contributed by atoms with Crippen molar-refractivity contribution < 1.29 is 19.0 Å². The number of benzene rings is 2. The summed E-state index contributed by atoms with van der Waals surface area (Å²) < 4.78 is 19.4. The van der Waals surface area contributed by atoms with Crippen molar-refractivity contribution in [2.24, 2.45) is 0 Å². The molecule has 2 aromatic carbocycles. The van der Waals surface area contributed by atoms with Crippen LogP contribution in [-0.4, -0.2) is 26.5 Å². The van der Waals surface area contributed by atoms with Crippen molar-refractivity contribution in [2.75, 3.05) is 0 Å². The number of nitriles is 1. The van der Waals surface area contributed by atoms with E-state index in [1.807, 2.05) is 6.07 Å². The second-order valence-electron chi connectivity index (χ2n) is 4.98. The molecular formula is C18H9FN4O3. The van der Waals surface area contributed by atoms with Crippen molar-refractivity contribution in [1.82, 2.24) is 15.4 Å². The second kappa shape index (κ2) is 7.16. The molecule has 26 heavy (non-hydrogen) atoms. The van der Waals surface area contributed by atoms with Crippen LogP contribution in [0.5, 0.6) is 11.6 Å². The third-order valence-electron chi connectivity index (χ3n) is 3.21. The quantitative estimate of drug-likeness (QED) is 0.704. The highest BCUT2D eigenvalue weighted by Gasteiger charge is 2.17. The third-order valence-corrected chi connectivity index (χ3v) is 3.21. The minimum Gasteiger partial charge on any atom is -0.476 e. The fourth-order valence-electron chi connectivity index (χ4n) is 2.01. The van der Waals surface area contributed by atoms with Gasteiger partial charge in [0.15, 0.2) is 0 Å². The SMILES string of the molecule is N#Cc1cccc(C#Cc2ccc(Oc3[nH]nnc3C(=O)O)cc2F)c1. The summed E-state index contributed by atoms with van der Waals surface area (Å²) in [5, 5.41) is 26.8. The van der Waals surface area contributed by atoms with Gasteiger partial charge in [0.1, 0.15) is 11.6 Å². The monoisotopic (exact) mass is 348 g/mol. The molecule has 3 aromatic rings. The Morgan fingerprint density at radius 3 is 2.73 bits per heavy atom. The Kier molecular flexibility index (Phi) is 4.59. The number of halogens is 1. The summed E-state index contributed by atoms with van der Waals surface area (Å²) in [7, 11) is 0. The van der Waals surface area contributed by atoms with Crippen molar-refractivity contribution in [3.63, 3.8) is 0 Å². The molecule has 0 bridgehead atoms. The lowest BCUT2D eigenvalue weighted by atomic mass is 10.1. The zero-order chi connectivity index (χ0) is 18.5. The number of carboxylic acids is 1. The topological polar surface area (TPSA) is 112 Å². The molecule has 0 aliphatic rings. The lowest BCUT2D eigenvalue weighted by molar-refractivity contribution is 0.0687. The number of ether oxygens (including phenoxy) is 1. The smallest absolute Gasteiger partial charge is 0.362 e. The summed E-state index contributed by atoms with van der Waals surface area (Å²) >= 11 is 0. The minimum atomic E-state index is -1.32. The van der Waals surface area contributed by atoms with Crippen LogP contribution in [0, 0.1) is 29.0 Å². The molecular weight excluding hydrogens is 339 g/mol. The molecule has 0 saturated carbocycles. The molecule has 7 nitrogen and oxygen atoms in total. The number of hydrogen-bond acceptors (Lipinski definition) is 5. The average Bonchev–Trinajstić information content (AvgIpc) is 3.09. The summed E-state index contributed by atoms with van der Waals surface area (Å²) in [6.07, 6.45) is 0. The molecule has 0 fully saturated rings. The molecule has 0 aliphatic heterocycles. The molecule has 8 heteroatoms. The van der Waals surface area contributed by atoms with Crippen LogP contribution in [0.2, 0.25) is 0 Å². The van der Waals surface area contributed by atoms with E-state index in [4.69, 9.17) is 15.1 Å². The van der Waals surface area contributed by atoms with E-state index in [9.17, 15) is 9.18 Å². The van der Waals surface area contributed by atoms with E-state index in [-0.39, 0.29) is 17.2 Å². The van der Waals surface area contributed by atoms with Crippen molar-refractivity contribution in [3.8, 4) is 29.5 Å². The lowest BCUT2D eigenvalue weighted by Crippen LogP contribution is -2.00. The third kappa shape index (κ3) is 3.66. The number of aromatic amines is 1. The standard InChI is InChI=1S/C18H9FN4O3/c19-15-9-14(26-17-16(18(24)25)21-23-22-17)7-6-13(15)5-4-11-2-1-3-12(8-11)10-20/h1-3,6-9H,(H,24,25)(H,21,22,23). The maximum Gasteiger partial charge on any atom is 0.362 e. The number of rotatable bonds is 3. The van der Waals surface area contributed by atoms with Crippen molar-refractivity contribution in [3.05, 3.63) is 70.7 Å². The number of carboxylic acid groups (broad SMARTS) is 1. The first-order chi connectivity index (χ1) is 12.6. The molecule has 0 aliphatic carbocycles. The first-order valence-electron chi connectivity index (χ1n) is 7.21. The molecule has 0 saturated heterocycles. The van der Waals surface area contributed by atoms with Gasteiger partial charge in [-0.25, -0.2) is 14.3 Å². The zero-order valence-corrected chi connectivity index (χ0v) is 13.0. The maximum atomic E-state index is 14.2. The van der Waals surface area contributed by atoms with Crippen LogP contribution in [-0.2, 0) is 0 Å². The zero-order valence-electron chi connectivity index (χ0n) is 13.0. The summed E-state index contributed by atoms with van der Waals surface area (Å²) in [4.78, 5) is 10.9. The van der Waals surface area contributed by atoms with Gasteiger partial charge in [-0.1, -0.05) is 23.1 Å². The predicted molar refractivity (Wildman–Crippen MR) is 87.0 cm³/mol. The normalized spacial score (nSPS) is 9.69. The number of aromatic nitrogens is 3. The number of aromatic carboxylic acids is 1. The van der Waals surface area contributed by atoms with E-state index in [1.54, 1.807) is 24.3 Å². The van der Waals surface area contributed by atoms with E-state index in [1.165, 1.54) is 12.1 Å². The summed E-state index contributed by atoms with van der Waals surface area (Å²) in [5.74, 6) is 3.35. The highest BCUT2D eigenvalue weighted by Crippen LogP contribution is 2.23. The molecule has 0 amide bonds. The molecule has 0 atom stereocenters. The number of nitrogens with zero attached hydrogens (tertiary/aromatic N) is 3. The molecule has 0 radical (unpaired) electrons. The minimum absolute atomic E-state index is 0.0630. The molecule has 2 N–H and O–H groups in total. The fourth-order valence-corrected chi connectivity index (χ4v) is 2.01. The first-order valence-corrected chi connectivity index (χ1v) is 7.21. The molecule has 1 heterocycles. The summed E-state index contributed by atoms with van der Waals surface area (Å²) in [5.41, 5.74) is 0.759. The van der Waals surface area contributed by atoms with Crippen LogP contribution in [0.25, 0.3) is 0 Å². The Morgan fingerprint density at radius 2 is 2.00 bits per heavy atom. The van der Waals surface area contributed by atoms with Gasteiger partial charge in [-0.05, 0) is 30.3 Å². The van der Waals surface area contributed by atoms with Gasteiger partial charge in [-0.15, -0.1) is 5.10 Å². The highest BCUT2D eigenvalue weighted by molar-refractivity contribution is 5.87. The largest absolute Gasteiger partial charge is 0.476 e. The second-order valence-corrected chi connectivity index (χ2v) is 4.98. The van der Waals surface area contributed by atoms with E-state index in [2.05, 4.69) is 27.3 Å². The summed E-state index contributed by atoms with van der Waals surface area (Å²) in [6.45, 7) is 0. The predicted octanol–water partition coefficient (Wildman–Crippen LogP) is 2.71. The van der Waals surface area contributed by atoms with Crippen molar-refractivity contribution >= 4 is 5.97 Å². The van der Waals surface area contributed by atoms with Crippen molar-refractivity contribution in [2.45, 2.75) is 0 Å². The average molecular weight is 348 g/mol. The lowest BCUT2D eigenvalue weighted by Gasteiger charge is -2.04. The Morgan fingerprint density at radius 1 is 1.19 bits per heavy atom. The number of nitrogens with one attached hydrogen (secondary N) is 1. The van der Waals surface area contributed by atoms with Crippen LogP contribution >= 0.6 is 0 Å². The Labute approximate surface area is 146 Å². The highest BCUT2D eigenvalue weighted by atomic mass is 19.1. The number of hydrogen-bond donors (Lipinski definition) is 2. The Bertz CT molecular complexity index is 1090. The maximum absolute atomic E-state index is 14.2. The van der Waals surface area contributed by atoms with Crippen LogP contribution < -0.4 is 4.74 Å². The molecule has 126 valence electrons. The van der Waals surface area contributed by atoms with E-state index in [0.717, 1.165) is 6.07 Å². The van der Waals surface area contributed by atoms with Gasteiger partial charge >= 0.3 is 5.97 Å². The van der Waals surface area contributed by atoms with Crippen molar-refractivity contribution in [1.29, 1.82) is 5.26 Å². The fraction of sp³-hybridized carbons (Fsp3) is 0. The van der Waals surface area contributed by atoms with E-state index < -0.39 is 17.5 Å². The molecule has 0 unspecified atom stereocenters. The van der Waals surface area contributed by atoms with Gasteiger partial charge in [-0.2, -0.15) is 5.26 Å². The van der Waals surface area contributed by atoms with Gasteiger partial charge in [-0.3, -0.25) is 0 Å². The van der Waals surface area contributed by atoms with Gasteiger partial charge in [0, 0.05) is 11.6 Å². The van der Waals surface area contributed by atoms with Crippen LogP contribution in [0.4, 0.5) is 4.39 Å². The summed E-state index contributed by atoms with van der Waals surface area (Å²) in [6, 6.07) is 12.6. The van der Waals surface area contributed by atoms with Crippen LogP contribution in [0.15, 0.2) is 42.5 Å². The Balaban J connectivity index is 1.82. The number of H-pyrrole nitrogens is 1. The van der Waals surface area contributed by atoms with Crippen LogP contribution in [0.1, 0.15) is 27.2 Å². The van der Waals surface area contributed by atoms with Gasteiger partial charge in [0.2, 0.25) is 5.69 Å². The molecule has 0 spiro atoms. The molecule has 1 aromatic heterocycles. The first kappa shape index (κ1) is 16.7. The van der Waals surface area contributed by atoms with Gasteiger partial charge in [0.05, 0.1) is 17.2 Å². The molecule has 3 rings (SSSR count). The van der Waals surface area contributed by atoms with Gasteiger partial charge < -0.3 is 9.84 Å². The van der Waals surface area contributed by atoms with E-state index >= 15 is 0 Å². The Hall–Kier alpha value is -4.17. The number of carbonyl (C=O) groups is 1. The van der Waals surface area contributed by atoms with E-state index in [0.29, 0.717) is 11.1 Å².